The Morgan fingerprint density at radius 3 is 3.00 bits per heavy atom. The Morgan fingerprint density at radius 1 is 1.36 bits per heavy atom. The third kappa shape index (κ3) is 2.33. The van der Waals surface area contributed by atoms with Gasteiger partial charge in [0.15, 0.2) is 5.82 Å². The molecule has 116 valence electrons. The summed E-state index contributed by atoms with van der Waals surface area (Å²) in [6, 6.07) is 0.483. The molecule has 0 N–H and O–H groups in total. The summed E-state index contributed by atoms with van der Waals surface area (Å²) >= 11 is 0. The first-order valence-corrected chi connectivity index (χ1v) is 7.82. The Balaban J connectivity index is 1.53. The summed E-state index contributed by atoms with van der Waals surface area (Å²) in [5, 5.41) is 12.0. The van der Waals surface area contributed by atoms with E-state index in [0.717, 1.165) is 30.0 Å². The molecule has 0 amide bonds. The molecular formula is C14H19N7O. The maximum atomic E-state index is 12.3. The second-order valence-corrected chi connectivity index (χ2v) is 5.99. The summed E-state index contributed by atoms with van der Waals surface area (Å²) in [6.07, 6.45) is 4.73. The molecule has 0 spiro atoms. The maximum Gasteiger partial charge on any atom is 0.256 e. The average Bonchev–Trinajstić information content (AvgIpc) is 3.28. The minimum absolute atomic E-state index is 0.106. The molecule has 1 aliphatic carbocycles. The van der Waals surface area contributed by atoms with Crippen LogP contribution in [0.3, 0.4) is 0 Å². The van der Waals surface area contributed by atoms with Crippen molar-refractivity contribution in [3.63, 3.8) is 0 Å². The Bertz CT molecular complexity index is 746. The summed E-state index contributed by atoms with van der Waals surface area (Å²) < 4.78 is 3.61. The number of hydrogen-bond acceptors (Lipinski definition) is 6. The van der Waals surface area contributed by atoms with Gasteiger partial charge in [0.05, 0.1) is 24.6 Å². The quantitative estimate of drug-likeness (QED) is 0.799. The van der Waals surface area contributed by atoms with Crippen molar-refractivity contribution in [1.29, 1.82) is 0 Å². The van der Waals surface area contributed by atoms with E-state index in [1.54, 1.807) is 10.9 Å². The van der Waals surface area contributed by atoms with Crippen LogP contribution in [0.15, 0.2) is 11.1 Å². The van der Waals surface area contributed by atoms with Crippen molar-refractivity contribution in [2.75, 3.05) is 6.54 Å². The van der Waals surface area contributed by atoms with E-state index in [1.165, 1.54) is 12.8 Å². The summed E-state index contributed by atoms with van der Waals surface area (Å²) in [5.41, 5.74) is 1.86. The zero-order valence-electron chi connectivity index (χ0n) is 12.6. The van der Waals surface area contributed by atoms with E-state index in [-0.39, 0.29) is 5.56 Å². The van der Waals surface area contributed by atoms with Crippen LogP contribution in [0.2, 0.25) is 0 Å². The van der Waals surface area contributed by atoms with Gasteiger partial charge in [-0.15, -0.1) is 5.10 Å². The van der Waals surface area contributed by atoms with E-state index in [0.29, 0.717) is 25.7 Å². The molecule has 0 aromatic carbocycles. The number of tetrazole rings is 1. The fraction of sp³-hybridized carbons (Fsp3) is 0.643. The van der Waals surface area contributed by atoms with E-state index in [1.807, 2.05) is 11.6 Å². The molecule has 0 radical (unpaired) electrons. The van der Waals surface area contributed by atoms with Gasteiger partial charge in [-0.2, -0.15) is 0 Å². The van der Waals surface area contributed by atoms with Gasteiger partial charge in [-0.05, 0) is 36.6 Å². The van der Waals surface area contributed by atoms with Crippen molar-refractivity contribution in [3.05, 3.63) is 33.8 Å². The lowest BCUT2D eigenvalue weighted by Gasteiger charge is -2.27. The van der Waals surface area contributed by atoms with Gasteiger partial charge in [0.1, 0.15) is 0 Å². The number of aromatic nitrogens is 6. The lowest BCUT2D eigenvalue weighted by molar-refractivity contribution is 0.229. The highest BCUT2D eigenvalue weighted by atomic mass is 16.1. The topological polar surface area (TPSA) is 81.7 Å². The summed E-state index contributed by atoms with van der Waals surface area (Å²) in [5.74, 6) is 0.910. The summed E-state index contributed by atoms with van der Waals surface area (Å²) in [6.45, 7) is 4.87. The van der Waals surface area contributed by atoms with Crippen LogP contribution in [-0.4, -0.2) is 41.2 Å². The second kappa shape index (κ2) is 5.28. The predicted octanol–water partition coefficient (Wildman–Crippen LogP) is 0.143. The smallest absolute Gasteiger partial charge is 0.256 e. The first-order valence-electron chi connectivity index (χ1n) is 7.82. The molecule has 0 saturated heterocycles. The molecule has 2 aromatic heterocycles. The molecule has 8 nitrogen and oxygen atoms in total. The third-order valence-electron chi connectivity index (χ3n) is 4.43. The SMILES string of the molecule is CCn1cnc2c(c1=O)CCN(Cc1nnnn1C1CC1)C2. The average molecular weight is 301 g/mol. The van der Waals surface area contributed by atoms with Crippen molar-refractivity contribution in [1.82, 2.24) is 34.7 Å². The molecule has 0 bridgehead atoms. The van der Waals surface area contributed by atoms with Crippen molar-refractivity contribution < 1.29 is 0 Å². The van der Waals surface area contributed by atoms with E-state index >= 15 is 0 Å². The first-order chi connectivity index (χ1) is 10.8. The molecule has 8 heteroatoms. The first kappa shape index (κ1) is 13.6. The number of nitrogens with zero attached hydrogens (tertiary/aromatic N) is 7. The molecule has 0 unspecified atom stereocenters. The molecular weight excluding hydrogens is 282 g/mol. The van der Waals surface area contributed by atoms with Gasteiger partial charge in [0, 0.05) is 25.2 Å². The van der Waals surface area contributed by atoms with E-state index in [9.17, 15) is 4.79 Å². The summed E-state index contributed by atoms with van der Waals surface area (Å²) in [4.78, 5) is 19.0. The molecule has 1 aliphatic heterocycles. The van der Waals surface area contributed by atoms with Gasteiger partial charge in [-0.1, -0.05) is 0 Å². The van der Waals surface area contributed by atoms with Crippen LogP contribution < -0.4 is 5.56 Å². The lowest BCUT2D eigenvalue weighted by atomic mass is 10.1. The van der Waals surface area contributed by atoms with Crippen LogP contribution in [0.4, 0.5) is 0 Å². The Labute approximate surface area is 127 Å². The lowest BCUT2D eigenvalue weighted by Crippen LogP contribution is -2.37. The van der Waals surface area contributed by atoms with E-state index in [4.69, 9.17) is 0 Å². The fourth-order valence-electron chi connectivity index (χ4n) is 2.99. The molecule has 3 heterocycles. The van der Waals surface area contributed by atoms with Gasteiger partial charge in [0.2, 0.25) is 0 Å². The van der Waals surface area contributed by atoms with Gasteiger partial charge in [0.25, 0.3) is 5.56 Å². The highest BCUT2D eigenvalue weighted by Gasteiger charge is 2.29. The highest BCUT2D eigenvalue weighted by molar-refractivity contribution is 5.20. The zero-order chi connectivity index (χ0) is 15.1. The molecule has 1 saturated carbocycles. The monoisotopic (exact) mass is 301 g/mol. The maximum absolute atomic E-state index is 12.3. The Hall–Kier alpha value is -2.09. The normalized spacial score (nSPS) is 18.4. The number of fused-ring (bicyclic) bond motifs is 1. The Morgan fingerprint density at radius 2 is 2.23 bits per heavy atom. The molecule has 2 aromatic rings. The second-order valence-electron chi connectivity index (χ2n) is 5.99. The van der Waals surface area contributed by atoms with Crippen LogP contribution >= 0.6 is 0 Å². The van der Waals surface area contributed by atoms with Gasteiger partial charge in [-0.25, -0.2) is 9.67 Å². The largest absolute Gasteiger partial charge is 0.299 e. The predicted molar refractivity (Wildman–Crippen MR) is 78.1 cm³/mol. The van der Waals surface area contributed by atoms with Crippen LogP contribution in [-0.2, 0) is 26.1 Å². The van der Waals surface area contributed by atoms with Crippen LogP contribution in [0.1, 0.15) is 42.9 Å². The van der Waals surface area contributed by atoms with E-state index < -0.39 is 0 Å². The van der Waals surface area contributed by atoms with E-state index in [2.05, 4.69) is 25.4 Å². The molecule has 1 fully saturated rings. The van der Waals surface area contributed by atoms with Crippen molar-refractivity contribution >= 4 is 0 Å². The third-order valence-corrected chi connectivity index (χ3v) is 4.43. The van der Waals surface area contributed by atoms with Crippen LogP contribution in [0, 0.1) is 0 Å². The Kier molecular flexibility index (Phi) is 3.25. The molecule has 22 heavy (non-hydrogen) atoms. The van der Waals surface area contributed by atoms with Crippen LogP contribution in [0.5, 0.6) is 0 Å². The zero-order valence-corrected chi connectivity index (χ0v) is 12.6. The molecule has 4 rings (SSSR count). The minimum Gasteiger partial charge on any atom is -0.299 e. The highest BCUT2D eigenvalue weighted by Crippen LogP contribution is 2.34. The number of hydrogen-bond donors (Lipinski definition) is 0. The number of aryl methyl sites for hydroxylation is 1. The molecule has 2 aliphatic rings. The van der Waals surface area contributed by atoms with Crippen molar-refractivity contribution in [2.24, 2.45) is 0 Å². The molecule has 0 atom stereocenters. The minimum atomic E-state index is 0.106. The van der Waals surface area contributed by atoms with Crippen LogP contribution in [0.25, 0.3) is 0 Å². The number of rotatable bonds is 4. The standard InChI is InChI=1S/C14H19N7O/c1-2-20-9-15-12-7-19(6-5-11(12)14(20)22)8-13-16-17-18-21(13)10-3-4-10/h9-10H,2-8H2,1H3. The van der Waals surface area contributed by atoms with Gasteiger partial charge in [-0.3, -0.25) is 14.3 Å². The van der Waals surface area contributed by atoms with Crippen molar-refractivity contribution in [2.45, 2.75) is 51.9 Å². The van der Waals surface area contributed by atoms with Gasteiger partial charge >= 0.3 is 0 Å². The summed E-state index contributed by atoms with van der Waals surface area (Å²) in [7, 11) is 0. The van der Waals surface area contributed by atoms with Crippen molar-refractivity contribution in [3.8, 4) is 0 Å². The van der Waals surface area contributed by atoms with Gasteiger partial charge < -0.3 is 0 Å². The fourth-order valence-corrected chi connectivity index (χ4v) is 2.99.